The molecule has 0 spiro atoms. The van der Waals surface area contributed by atoms with Crippen LogP contribution in [0.2, 0.25) is 0 Å². The number of nitro groups is 2. The molecular weight excluding hydrogens is 596 g/mol. The van der Waals surface area contributed by atoms with Crippen LogP contribution in [0.3, 0.4) is 0 Å². The topological polar surface area (TPSA) is 178 Å². The molecule has 0 aromatic heterocycles. The number of ether oxygens (including phenoxy) is 2. The maximum atomic E-state index is 13.5. The summed E-state index contributed by atoms with van der Waals surface area (Å²) in [4.78, 5) is 68.3. The number of carbonyl (C=O) groups excluding carboxylic acids is 3. The Balaban J connectivity index is 1.29. The summed E-state index contributed by atoms with van der Waals surface area (Å²) in [7, 11) is 0. The van der Waals surface area contributed by atoms with Gasteiger partial charge in [0.15, 0.2) is 0 Å². The summed E-state index contributed by atoms with van der Waals surface area (Å²) in [5, 5.41) is 21.4. The Labute approximate surface area is 258 Å². The van der Waals surface area contributed by atoms with Crippen LogP contribution in [0.25, 0.3) is 0 Å². The lowest BCUT2D eigenvalue weighted by atomic mass is 10.1. The second-order valence-electron chi connectivity index (χ2n) is 10.5. The van der Waals surface area contributed by atoms with Gasteiger partial charge in [0.2, 0.25) is 5.91 Å². The Morgan fingerprint density at radius 3 is 1.95 bits per heavy atom. The molecule has 0 bridgehead atoms. The molecule has 4 rings (SSSR count). The van der Waals surface area contributed by atoms with Gasteiger partial charge in [-0.15, -0.1) is 0 Å². The number of rotatable bonds is 7. The van der Waals surface area contributed by atoms with Gasteiger partial charge in [0.05, 0.1) is 9.85 Å². The number of nitrogens with zero attached hydrogens (tertiary/aromatic N) is 6. The van der Waals surface area contributed by atoms with Crippen LogP contribution in [-0.4, -0.2) is 92.0 Å². The molecule has 15 nitrogen and oxygen atoms in total. The van der Waals surface area contributed by atoms with Gasteiger partial charge in [0.25, 0.3) is 11.4 Å². The van der Waals surface area contributed by atoms with Gasteiger partial charge >= 0.3 is 12.2 Å². The third-order valence-electron chi connectivity index (χ3n) is 7.43. The third-order valence-corrected chi connectivity index (χ3v) is 7.80. The highest BCUT2D eigenvalue weighted by atomic mass is 32.1. The van der Waals surface area contributed by atoms with E-state index in [1.165, 1.54) is 53.4 Å². The molecule has 234 valence electrons. The Morgan fingerprint density at radius 1 is 0.886 bits per heavy atom. The van der Waals surface area contributed by atoms with Gasteiger partial charge in [-0.05, 0) is 55.7 Å². The van der Waals surface area contributed by atoms with E-state index < -0.39 is 28.1 Å². The fourth-order valence-corrected chi connectivity index (χ4v) is 5.50. The van der Waals surface area contributed by atoms with Crippen molar-refractivity contribution >= 4 is 47.9 Å². The second-order valence-corrected chi connectivity index (χ2v) is 11.2. The van der Waals surface area contributed by atoms with Crippen molar-refractivity contribution < 1.29 is 33.7 Å². The molecule has 2 aromatic carbocycles. The molecule has 2 aliphatic heterocycles. The van der Waals surface area contributed by atoms with E-state index in [1.807, 2.05) is 11.8 Å². The minimum Gasteiger partial charge on any atom is -0.445 e. The fraction of sp³-hybridized carbons (Fsp3) is 0.429. The molecule has 16 heteroatoms. The highest BCUT2D eigenvalue weighted by molar-refractivity contribution is 7.81. The average molecular weight is 629 g/mol. The minimum absolute atomic E-state index is 0.0637. The number of piperazine rings is 1. The van der Waals surface area contributed by atoms with Crippen LogP contribution in [-0.2, 0) is 27.5 Å². The van der Waals surface area contributed by atoms with Gasteiger partial charge in [-0.1, -0.05) is 0 Å². The number of hydrogen-bond donors (Lipinski definition) is 1. The normalized spacial score (nSPS) is 20.3. The first-order valence-corrected chi connectivity index (χ1v) is 14.3. The Hall–Kier alpha value is -4.73. The monoisotopic (exact) mass is 628 g/mol. The number of amidine groups is 1. The standard InChI is InChI=1S/C28H32N6O9S/c1-18-14-30(11-12-31(18)19(2)29-27(36)42-16-20-3-7-22(8-4-20)33(38)39)26(35)25-13-24(44)15-32(25)28(37)43-17-21-5-9-23(10-6-21)34(40)41/h3-10,18,24-25,44H,11-17H2,1-2H3/t18-,24-,25-/m0/s1. The van der Waals surface area contributed by atoms with Crippen LogP contribution in [0.15, 0.2) is 53.5 Å². The van der Waals surface area contributed by atoms with E-state index in [0.29, 0.717) is 43.0 Å². The van der Waals surface area contributed by atoms with E-state index in [9.17, 15) is 34.6 Å². The lowest BCUT2D eigenvalue weighted by Gasteiger charge is -2.42. The quantitative estimate of drug-likeness (QED) is 0.156. The molecule has 0 saturated carbocycles. The molecule has 2 aliphatic rings. The highest BCUT2D eigenvalue weighted by Gasteiger charge is 2.42. The van der Waals surface area contributed by atoms with Crippen molar-refractivity contribution in [1.82, 2.24) is 14.7 Å². The van der Waals surface area contributed by atoms with Crippen molar-refractivity contribution in [2.45, 2.75) is 50.8 Å². The first kappa shape index (κ1) is 32.2. The van der Waals surface area contributed by atoms with E-state index in [0.717, 1.165) is 0 Å². The highest BCUT2D eigenvalue weighted by Crippen LogP contribution is 2.26. The molecule has 2 heterocycles. The minimum atomic E-state index is -0.805. The van der Waals surface area contributed by atoms with Crippen molar-refractivity contribution in [3.8, 4) is 0 Å². The summed E-state index contributed by atoms with van der Waals surface area (Å²) in [6.45, 7) is 4.69. The average Bonchev–Trinajstić information content (AvgIpc) is 3.40. The van der Waals surface area contributed by atoms with Gasteiger partial charge in [-0.3, -0.25) is 29.9 Å². The third kappa shape index (κ3) is 8.00. The second kappa shape index (κ2) is 14.2. The Bertz CT molecular complexity index is 1440. The van der Waals surface area contributed by atoms with Crippen LogP contribution in [0.5, 0.6) is 0 Å². The molecule has 44 heavy (non-hydrogen) atoms. The van der Waals surface area contributed by atoms with Crippen molar-refractivity contribution in [2.24, 2.45) is 4.99 Å². The van der Waals surface area contributed by atoms with Crippen LogP contribution in [0.1, 0.15) is 31.4 Å². The zero-order chi connectivity index (χ0) is 32.0. The van der Waals surface area contributed by atoms with Crippen LogP contribution in [0, 0.1) is 20.2 Å². The number of non-ortho nitro benzene ring substituents is 2. The van der Waals surface area contributed by atoms with Gasteiger partial charge in [-0.25, -0.2) is 9.59 Å². The van der Waals surface area contributed by atoms with Gasteiger partial charge in [-0.2, -0.15) is 17.6 Å². The smallest absolute Gasteiger partial charge is 0.435 e. The van der Waals surface area contributed by atoms with Crippen molar-refractivity contribution in [3.05, 3.63) is 79.9 Å². The molecule has 3 amide bonds. The van der Waals surface area contributed by atoms with Crippen molar-refractivity contribution in [3.63, 3.8) is 0 Å². The van der Waals surface area contributed by atoms with Crippen LogP contribution < -0.4 is 0 Å². The van der Waals surface area contributed by atoms with E-state index >= 15 is 0 Å². The largest absolute Gasteiger partial charge is 0.445 e. The molecule has 0 N–H and O–H groups in total. The van der Waals surface area contributed by atoms with Gasteiger partial charge in [0, 0.05) is 61.7 Å². The summed E-state index contributed by atoms with van der Waals surface area (Å²) in [6, 6.07) is 10.4. The van der Waals surface area contributed by atoms with Gasteiger partial charge < -0.3 is 19.3 Å². The van der Waals surface area contributed by atoms with E-state index in [4.69, 9.17) is 9.47 Å². The van der Waals surface area contributed by atoms with Crippen molar-refractivity contribution in [1.29, 1.82) is 0 Å². The lowest BCUT2D eigenvalue weighted by Crippen LogP contribution is -2.58. The summed E-state index contributed by atoms with van der Waals surface area (Å²) in [6.07, 6.45) is -1.11. The SMILES string of the molecule is CC(=NC(=O)OCc1ccc([N+](=O)[O-])cc1)N1CCN(C(=O)[C@@H]2C[C@H](S)CN2C(=O)OCc2ccc([N+](=O)[O-])cc2)C[C@@H]1C. The number of amides is 3. The molecule has 0 unspecified atom stereocenters. The lowest BCUT2D eigenvalue weighted by molar-refractivity contribution is -0.385. The van der Waals surface area contributed by atoms with Gasteiger partial charge in [0.1, 0.15) is 25.1 Å². The van der Waals surface area contributed by atoms with Crippen molar-refractivity contribution in [2.75, 3.05) is 26.2 Å². The number of aliphatic imine (C=N–C) groups is 1. The van der Waals surface area contributed by atoms with Crippen LogP contribution in [0.4, 0.5) is 21.0 Å². The predicted molar refractivity (Wildman–Crippen MR) is 160 cm³/mol. The molecule has 3 atom stereocenters. The fourth-order valence-electron chi connectivity index (χ4n) is 5.13. The Morgan fingerprint density at radius 2 is 1.43 bits per heavy atom. The summed E-state index contributed by atoms with van der Waals surface area (Å²) in [5.74, 6) is 0.198. The molecule has 2 aromatic rings. The summed E-state index contributed by atoms with van der Waals surface area (Å²) in [5.41, 5.74) is 1.02. The number of carbonyl (C=O) groups is 3. The summed E-state index contributed by atoms with van der Waals surface area (Å²) < 4.78 is 10.6. The van der Waals surface area contributed by atoms with E-state index in [-0.39, 0.29) is 48.3 Å². The molecule has 2 saturated heterocycles. The number of thiol groups is 1. The number of hydrogen-bond acceptors (Lipinski definition) is 10. The zero-order valence-electron chi connectivity index (χ0n) is 24.1. The van der Waals surface area contributed by atoms with Crippen LogP contribution >= 0.6 is 12.6 Å². The number of nitro benzene ring substituents is 2. The number of likely N-dealkylation sites (tertiary alicyclic amines) is 1. The molecule has 2 fully saturated rings. The predicted octanol–water partition coefficient (Wildman–Crippen LogP) is 3.80. The number of benzene rings is 2. The van der Waals surface area contributed by atoms with E-state index in [2.05, 4.69) is 17.6 Å². The maximum Gasteiger partial charge on any atom is 0.435 e. The molecule has 0 aliphatic carbocycles. The molecule has 0 radical (unpaired) electrons. The Kier molecular flexibility index (Phi) is 10.4. The molecular formula is C28H32N6O9S. The first-order chi connectivity index (χ1) is 20.9. The summed E-state index contributed by atoms with van der Waals surface area (Å²) >= 11 is 4.50. The maximum absolute atomic E-state index is 13.5. The zero-order valence-corrected chi connectivity index (χ0v) is 25.0. The first-order valence-electron chi connectivity index (χ1n) is 13.8. The van der Waals surface area contributed by atoms with E-state index in [1.54, 1.807) is 11.8 Å².